The van der Waals surface area contributed by atoms with Gasteiger partial charge in [0, 0.05) is 16.9 Å². The summed E-state index contributed by atoms with van der Waals surface area (Å²) in [6.07, 6.45) is 2.12. The number of hydrogen-bond donors (Lipinski definition) is 2. The number of hydrogen-bond acceptors (Lipinski definition) is 2. The molecule has 88 valence electrons. The maximum Gasteiger partial charge on any atom is 0.0426 e. The Kier molecular flexibility index (Phi) is 3.33. The smallest absolute Gasteiger partial charge is 0.0426 e. The highest BCUT2D eigenvalue weighted by Gasteiger charge is 2.06. The van der Waals surface area contributed by atoms with Crippen molar-refractivity contribution in [1.29, 1.82) is 0 Å². The van der Waals surface area contributed by atoms with Crippen molar-refractivity contribution in [3.63, 3.8) is 0 Å². The summed E-state index contributed by atoms with van der Waals surface area (Å²) in [7, 11) is 0. The molecule has 0 heterocycles. The summed E-state index contributed by atoms with van der Waals surface area (Å²) in [5, 5.41) is 0. The number of aryl methyl sites for hydroxylation is 1. The van der Waals surface area contributed by atoms with E-state index in [4.69, 9.17) is 11.5 Å². The summed E-state index contributed by atoms with van der Waals surface area (Å²) in [5.41, 5.74) is 17.0. The highest BCUT2D eigenvalue weighted by Crippen LogP contribution is 2.30. The maximum absolute atomic E-state index is 6.21. The quantitative estimate of drug-likeness (QED) is 0.787. The predicted molar refractivity (Wildman–Crippen MR) is 74.7 cm³/mol. The van der Waals surface area contributed by atoms with Crippen molar-refractivity contribution in [2.75, 3.05) is 11.5 Å². The second kappa shape index (κ2) is 4.91. The number of benzene rings is 2. The molecule has 0 bridgehead atoms. The summed E-state index contributed by atoms with van der Waals surface area (Å²) >= 11 is 0. The molecule has 0 aliphatic heterocycles. The van der Waals surface area contributed by atoms with Crippen LogP contribution in [0.5, 0.6) is 0 Å². The summed E-state index contributed by atoms with van der Waals surface area (Å²) < 4.78 is 0. The van der Waals surface area contributed by atoms with Gasteiger partial charge in [0.2, 0.25) is 0 Å². The van der Waals surface area contributed by atoms with Gasteiger partial charge in [-0.05, 0) is 29.7 Å². The first kappa shape index (κ1) is 11.5. The number of rotatable bonds is 3. The molecule has 0 amide bonds. The number of anilines is 2. The first-order chi connectivity index (χ1) is 8.22. The van der Waals surface area contributed by atoms with Crippen LogP contribution in [0.3, 0.4) is 0 Å². The average molecular weight is 226 g/mol. The van der Waals surface area contributed by atoms with E-state index < -0.39 is 0 Å². The van der Waals surface area contributed by atoms with E-state index in [9.17, 15) is 0 Å². The molecule has 17 heavy (non-hydrogen) atoms. The second-order valence-electron chi connectivity index (χ2n) is 4.25. The van der Waals surface area contributed by atoms with Crippen LogP contribution in [0.4, 0.5) is 11.4 Å². The SMILES string of the molecule is CCCc1cccc(-c2cccc(N)c2)c1N. The Bertz CT molecular complexity index is 518. The minimum absolute atomic E-state index is 0.766. The monoisotopic (exact) mass is 226 g/mol. The van der Waals surface area contributed by atoms with Crippen molar-refractivity contribution in [3.05, 3.63) is 48.0 Å². The molecule has 0 radical (unpaired) electrons. The molecular formula is C15H18N2. The van der Waals surface area contributed by atoms with Gasteiger partial charge in [-0.3, -0.25) is 0 Å². The molecule has 0 spiro atoms. The third kappa shape index (κ3) is 2.41. The lowest BCUT2D eigenvalue weighted by atomic mass is 9.98. The van der Waals surface area contributed by atoms with Gasteiger partial charge in [-0.2, -0.15) is 0 Å². The zero-order valence-corrected chi connectivity index (χ0v) is 10.1. The van der Waals surface area contributed by atoms with Crippen LogP contribution in [0.15, 0.2) is 42.5 Å². The van der Waals surface area contributed by atoms with Crippen LogP contribution in [-0.2, 0) is 6.42 Å². The zero-order chi connectivity index (χ0) is 12.3. The zero-order valence-electron chi connectivity index (χ0n) is 10.1. The van der Waals surface area contributed by atoms with E-state index in [2.05, 4.69) is 19.1 Å². The predicted octanol–water partition coefficient (Wildman–Crippen LogP) is 3.47. The minimum Gasteiger partial charge on any atom is -0.399 e. The summed E-state index contributed by atoms with van der Waals surface area (Å²) in [4.78, 5) is 0. The minimum atomic E-state index is 0.766. The van der Waals surface area contributed by atoms with Crippen molar-refractivity contribution in [2.45, 2.75) is 19.8 Å². The van der Waals surface area contributed by atoms with Crippen LogP contribution in [0, 0.1) is 0 Å². The van der Waals surface area contributed by atoms with E-state index in [1.165, 1.54) is 5.56 Å². The fourth-order valence-electron chi connectivity index (χ4n) is 2.06. The van der Waals surface area contributed by atoms with Crippen molar-refractivity contribution in [3.8, 4) is 11.1 Å². The van der Waals surface area contributed by atoms with Gasteiger partial charge < -0.3 is 11.5 Å². The van der Waals surface area contributed by atoms with Crippen LogP contribution in [0.25, 0.3) is 11.1 Å². The molecular weight excluding hydrogens is 208 g/mol. The molecule has 0 saturated heterocycles. The average Bonchev–Trinajstić information content (AvgIpc) is 2.32. The summed E-state index contributed by atoms with van der Waals surface area (Å²) in [6, 6.07) is 14.0. The van der Waals surface area contributed by atoms with E-state index in [0.717, 1.165) is 35.3 Å². The van der Waals surface area contributed by atoms with Crippen molar-refractivity contribution < 1.29 is 0 Å². The molecule has 2 heteroatoms. The molecule has 2 aromatic carbocycles. The normalized spacial score (nSPS) is 10.4. The Balaban J connectivity index is 2.49. The highest BCUT2D eigenvalue weighted by atomic mass is 14.6. The standard InChI is InChI=1S/C15H18N2/c1-2-5-11-6-4-9-14(15(11)17)12-7-3-8-13(16)10-12/h3-4,6-10H,2,5,16-17H2,1H3. The van der Waals surface area contributed by atoms with Gasteiger partial charge >= 0.3 is 0 Å². The van der Waals surface area contributed by atoms with Crippen molar-refractivity contribution in [1.82, 2.24) is 0 Å². The van der Waals surface area contributed by atoms with Crippen molar-refractivity contribution in [2.24, 2.45) is 0 Å². The first-order valence-corrected chi connectivity index (χ1v) is 5.95. The van der Waals surface area contributed by atoms with Gasteiger partial charge in [-0.1, -0.05) is 43.7 Å². The Morgan fingerprint density at radius 1 is 1.00 bits per heavy atom. The Morgan fingerprint density at radius 3 is 2.47 bits per heavy atom. The Morgan fingerprint density at radius 2 is 1.76 bits per heavy atom. The number of para-hydroxylation sites is 1. The molecule has 0 fully saturated rings. The van der Waals surface area contributed by atoms with Gasteiger partial charge in [-0.15, -0.1) is 0 Å². The van der Waals surface area contributed by atoms with Gasteiger partial charge in [0.05, 0.1) is 0 Å². The van der Waals surface area contributed by atoms with E-state index in [1.54, 1.807) is 0 Å². The Hall–Kier alpha value is -1.96. The van der Waals surface area contributed by atoms with Gasteiger partial charge in [0.15, 0.2) is 0 Å². The third-order valence-corrected chi connectivity index (χ3v) is 2.91. The van der Waals surface area contributed by atoms with E-state index in [1.807, 2.05) is 30.3 Å². The Labute approximate surface area is 102 Å². The fourth-order valence-corrected chi connectivity index (χ4v) is 2.06. The van der Waals surface area contributed by atoms with Crippen LogP contribution < -0.4 is 11.5 Å². The lowest BCUT2D eigenvalue weighted by Gasteiger charge is -2.11. The van der Waals surface area contributed by atoms with Gasteiger partial charge in [-0.25, -0.2) is 0 Å². The van der Waals surface area contributed by atoms with E-state index >= 15 is 0 Å². The fraction of sp³-hybridized carbons (Fsp3) is 0.200. The molecule has 0 atom stereocenters. The first-order valence-electron chi connectivity index (χ1n) is 5.95. The van der Waals surface area contributed by atoms with Crippen LogP contribution >= 0.6 is 0 Å². The lowest BCUT2D eigenvalue weighted by Crippen LogP contribution is -1.97. The number of nitrogens with two attached hydrogens (primary N) is 2. The van der Waals surface area contributed by atoms with E-state index in [-0.39, 0.29) is 0 Å². The lowest BCUT2D eigenvalue weighted by molar-refractivity contribution is 0.925. The van der Waals surface area contributed by atoms with Crippen LogP contribution in [-0.4, -0.2) is 0 Å². The molecule has 0 aliphatic rings. The third-order valence-electron chi connectivity index (χ3n) is 2.91. The maximum atomic E-state index is 6.21. The molecule has 2 rings (SSSR count). The van der Waals surface area contributed by atoms with E-state index in [0.29, 0.717) is 0 Å². The van der Waals surface area contributed by atoms with Gasteiger partial charge in [0.1, 0.15) is 0 Å². The van der Waals surface area contributed by atoms with Gasteiger partial charge in [0.25, 0.3) is 0 Å². The molecule has 0 aromatic heterocycles. The highest BCUT2D eigenvalue weighted by molar-refractivity contribution is 5.80. The summed E-state index contributed by atoms with van der Waals surface area (Å²) in [5.74, 6) is 0. The molecule has 2 aromatic rings. The largest absolute Gasteiger partial charge is 0.399 e. The van der Waals surface area contributed by atoms with Crippen molar-refractivity contribution >= 4 is 11.4 Å². The number of nitrogen functional groups attached to an aromatic ring is 2. The second-order valence-corrected chi connectivity index (χ2v) is 4.25. The molecule has 0 unspecified atom stereocenters. The molecule has 0 saturated carbocycles. The molecule has 0 aliphatic carbocycles. The molecule has 2 nitrogen and oxygen atoms in total. The van der Waals surface area contributed by atoms with Crippen LogP contribution in [0.2, 0.25) is 0 Å². The summed E-state index contributed by atoms with van der Waals surface area (Å²) in [6.45, 7) is 2.16. The topological polar surface area (TPSA) is 52.0 Å². The molecule has 4 N–H and O–H groups in total. The van der Waals surface area contributed by atoms with Crippen LogP contribution in [0.1, 0.15) is 18.9 Å².